The molecule has 1 aromatic heterocycles. The quantitative estimate of drug-likeness (QED) is 0.614. The first-order chi connectivity index (χ1) is 6.58. The molecule has 1 heterocycles. The maximum Gasteiger partial charge on any atom is 0.130 e. The summed E-state index contributed by atoms with van der Waals surface area (Å²) in [6.07, 6.45) is 0. The Labute approximate surface area is 92.7 Å². The number of aryl methyl sites for hydroxylation is 2. The Hall–Kier alpha value is -0.790. The molecule has 0 saturated heterocycles. The molecule has 0 N–H and O–H groups in total. The molecule has 0 aliphatic heterocycles. The highest BCUT2D eigenvalue weighted by Gasteiger charge is 2.05. The third kappa shape index (κ3) is 1.58. The van der Waals surface area contributed by atoms with Gasteiger partial charge in [0.05, 0.1) is 5.52 Å². The number of aromatic nitrogens is 1. The molecule has 0 fully saturated rings. The van der Waals surface area contributed by atoms with E-state index in [0.717, 1.165) is 27.1 Å². The van der Waals surface area contributed by atoms with Gasteiger partial charge in [0.25, 0.3) is 0 Å². The van der Waals surface area contributed by atoms with E-state index in [0.29, 0.717) is 5.15 Å². The number of hydrogen-bond donors (Lipinski definition) is 0. The van der Waals surface area contributed by atoms with Gasteiger partial charge in [0, 0.05) is 10.4 Å². The largest absolute Gasteiger partial charge is 0.236 e. The van der Waals surface area contributed by atoms with E-state index in [1.807, 2.05) is 32.0 Å². The maximum atomic E-state index is 5.97. The molecule has 0 aliphatic rings. The third-order valence-corrected chi connectivity index (χ3v) is 2.66. The van der Waals surface area contributed by atoms with E-state index >= 15 is 0 Å². The fourth-order valence-electron chi connectivity index (χ4n) is 1.58. The summed E-state index contributed by atoms with van der Waals surface area (Å²) < 4.78 is 0. The van der Waals surface area contributed by atoms with Crippen molar-refractivity contribution in [3.8, 4) is 0 Å². The van der Waals surface area contributed by atoms with Gasteiger partial charge in [0.1, 0.15) is 5.15 Å². The summed E-state index contributed by atoms with van der Waals surface area (Å²) in [5.41, 5.74) is 3.09. The van der Waals surface area contributed by atoms with Gasteiger partial charge in [-0.15, -0.1) is 0 Å². The van der Waals surface area contributed by atoms with Gasteiger partial charge in [-0.1, -0.05) is 23.2 Å². The van der Waals surface area contributed by atoms with E-state index < -0.39 is 0 Å². The molecule has 0 amide bonds. The number of hydrogen-bond acceptors (Lipinski definition) is 1. The van der Waals surface area contributed by atoms with E-state index in [1.165, 1.54) is 0 Å². The molecule has 3 heteroatoms. The van der Waals surface area contributed by atoms with Crippen LogP contribution in [0.25, 0.3) is 10.9 Å². The standard InChI is InChI=1S/C11H9Cl2N/c1-6-4-10(13)14-11-7(2)3-8(12)5-9(6)11/h3-5H,1-2H3. The molecular weight excluding hydrogens is 217 g/mol. The maximum absolute atomic E-state index is 5.97. The Morgan fingerprint density at radius 2 is 1.71 bits per heavy atom. The average molecular weight is 226 g/mol. The number of fused-ring (bicyclic) bond motifs is 1. The monoisotopic (exact) mass is 225 g/mol. The fourth-order valence-corrected chi connectivity index (χ4v) is 2.10. The Morgan fingerprint density at radius 3 is 2.43 bits per heavy atom. The highest BCUT2D eigenvalue weighted by atomic mass is 35.5. The van der Waals surface area contributed by atoms with Gasteiger partial charge < -0.3 is 0 Å². The molecule has 1 nitrogen and oxygen atoms in total. The summed E-state index contributed by atoms with van der Waals surface area (Å²) in [7, 11) is 0. The van der Waals surface area contributed by atoms with Crippen molar-refractivity contribution in [2.75, 3.05) is 0 Å². The molecule has 0 radical (unpaired) electrons. The van der Waals surface area contributed by atoms with Crippen molar-refractivity contribution < 1.29 is 0 Å². The lowest BCUT2D eigenvalue weighted by Gasteiger charge is -2.05. The minimum atomic E-state index is 0.528. The van der Waals surface area contributed by atoms with Crippen molar-refractivity contribution in [2.24, 2.45) is 0 Å². The molecule has 1 aromatic carbocycles. The predicted molar refractivity (Wildman–Crippen MR) is 61.2 cm³/mol. The first-order valence-electron chi connectivity index (χ1n) is 4.31. The Bertz CT molecular complexity index is 459. The van der Waals surface area contributed by atoms with E-state index in [9.17, 15) is 0 Å². The van der Waals surface area contributed by atoms with Crippen LogP contribution < -0.4 is 0 Å². The van der Waals surface area contributed by atoms with Crippen LogP contribution >= 0.6 is 23.2 Å². The molecule has 0 atom stereocenters. The Kier molecular flexibility index (Phi) is 2.38. The number of rotatable bonds is 0. The van der Waals surface area contributed by atoms with Crippen LogP contribution in [0, 0.1) is 13.8 Å². The number of nitrogens with zero attached hydrogens (tertiary/aromatic N) is 1. The fraction of sp³-hybridized carbons (Fsp3) is 0.182. The van der Waals surface area contributed by atoms with Gasteiger partial charge >= 0.3 is 0 Å². The predicted octanol–water partition coefficient (Wildman–Crippen LogP) is 4.16. The number of halogens is 2. The van der Waals surface area contributed by atoms with Gasteiger partial charge in [0.2, 0.25) is 0 Å². The molecule has 0 aliphatic carbocycles. The first kappa shape index (κ1) is 9.75. The van der Waals surface area contributed by atoms with Gasteiger partial charge in [0.15, 0.2) is 0 Å². The average Bonchev–Trinajstić information content (AvgIpc) is 2.07. The second kappa shape index (κ2) is 3.41. The third-order valence-electron chi connectivity index (χ3n) is 2.24. The highest BCUT2D eigenvalue weighted by molar-refractivity contribution is 6.32. The summed E-state index contributed by atoms with van der Waals surface area (Å²) in [6.45, 7) is 3.99. The van der Waals surface area contributed by atoms with E-state index in [1.54, 1.807) is 0 Å². The molecule has 72 valence electrons. The molecule has 0 unspecified atom stereocenters. The molecule has 0 bridgehead atoms. The van der Waals surface area contributed by atoms with Crippen LogP contribution in [-0.4, -0.2) is 4.98 Å². The van der Waals surface area contributed by atoms with E-state index in [-0.39, 0.29) is 0 Å². The normalized spacial score (nSPS) is 10.9. The Morgan fingerprint density at radius 1 is 1.00 bits per heavy atom. The molecule has 2 aromatic rings. The van der Waals surface area contributed by atoms with Crippen LogP contribution in [0.5, 0.6) is 0 Å². The van der Waals surface area contributed by atoms with Crippen LogP contribution in [-0.2, 0) is 0 Å². The number of pyridine rings is 1. The minimum Gasteiger partial charge on any atom is -0.236 e. The first-order valence-corrected chi connectivity index (χ1v) is 5.06. The molecule has 14 heavy (non-hydrogen) atoms. The smallest absolute Gasteiger partial charge is 0.130 e. The zero-order valence-corrected chi connectivity index (χ0v) is 9.45. The SMILES string of the molecule is Cc1cc(Cl)nc2c(C)cc(Cl)cc12. The van der Waals surface area contributed by atoms with Crippen molar-refractivity contribution in [1.82, 2.24) is 4.98 Å². The van der Waals surface area contributed by atoms with Crippen LogP contribution in [0.2, 0.25) is 10.2 Å². The molecule has 0 saturated carbocycles. The van der Waals surface area contributed by atoms with Crippen LogP contribution in [0.4, 0.5) is 0 Å². The van der Waals surface area contributed by atoms with Crippen LogP contribution in [0.3, 0.4) is 0 Å². The van der Waals surface area contributed by atoms with E-state index in [4.69, 9.17) is 23.2 Å². The van der Waals surface area contributed by atoms with Gasteiger partial charge in [-0.05, 0) is 43.2 Å². The second-order valence-corrected chi connectivity index (χ2v) is 4.20. The lowest BCUT2D eigenvalue weighted by Crippen LogP contribution is -1.87. The van der Waals surface area contributed by atoms with Crippen LogP contribution in [0.1, 0.15) is 11.1 Å². The molecule has 2 rings (SSSR count). The summed E-state index contributed by atoms with van der Waals surface area (Å²) >= 11 is 11.9. The van der Waals surface area contributed by atoms with Crippen molar-refractivity contribution in [2.45, 2.75) is 13.8 Å². The van der Waals surface area contributed by atoms with Crippen molar-refractivity contribution >= 4 is 34.1 Å². The summed E-state index contributed by atoms with van der Waals surface area (Å²) in [5.74, 6) is 0. The molecular formula is C11H9Cl2N. The lowest BCUT2D eigenvalue weighted by atomic mass is 10.1. The zero-order valence-electron chi connectivity index (χ0n) is 7.94. The lowest BCUT2D eigenvalue weighted by molar-refractivity contribution is 1.33. The summed E-state index contributed by atoms with van der Waals surface area (Å²) in [6, 6.07) is 5.66. The summed E-state index contributed by atoms with van der Waals surface area (Å²) in [4.78, 5) is 4.28. The Balaban J connectivity index is 2.94. The minimum absolute atomic E-state index is 0.528. The number of benzene rings is 1. The highest BCUT2D eigenvalue weighted by Crippen LogP contribution is 2.26. The summed E-state index contributed by atoms with van der Waals surface area (Å²) in [5, 5.41) is 2.34. The second-order valence-electron chi connectivity index (χ2n) is 3.38. The van der Waals surface area contributed by atoms with Crippen molar-refractivity contribution in [1.29, 1.82) is 0 Å². The van der Waals surface area contributed by atoms with Crippen LogP contribution in [0.15, 0.2) is 18.2 Å². The molecule has 0 spiro atoms. The zero-order chi connectivity index (χ0) is 10.3. The topological polar surface area (TPSA) is 12.9 Å². The van der Waals surface area contributed by atoms with Gasteiger partial charge in [-0.3, -0.25) is 0 Å². The van der Waals surface area contributed by atoms with E-state index in [2.05, 4.69) is 4.98 Å². The van der Waals surface area contributed by atoms with Crippen molar-refractivity contribution in [3.05, 3.63) is 39.5 Å². The van der Waals surface area contributed by atoms with Gasteiger partial charge in [-0.25, -0.2) is 4.98 Å². The van der Waals surface area contributed by atoms with Crippen molar-refractivity contribution in [3.63, 3.8) is 0 Å². The van der Waals surface area contributed by atoms with Gasteiger partial charge in [-0.2, -0.15) is 0 Å².